The molecular weight excluding hydrogens is 240 g/mol. The number of anilines is 2. The lowest BCUT2D eigenvalue weighted by Gasteiger charge is -2.24. The Labute approximate surface area is 111 Å². The molecule has 1 saturated heterocycles. The minimum absolute atomic E-state index is 0.0967. The number of fused-ring (bicyclic) bond motifs is 1. The van der Waals surface area contributed by atoms with Gasteiger partial charge in [-0.15, -0.1) is 0 Å². The third kappa shape index (κ3) is 2.19. The van der Waals surface area contributed by atoms with Crippen LogP contribution >= 0.6 is 0 Å². The fourth-order valence-corrected chi connectivity index (χ4v) is 2.49. The van der Waals surface area contributed by atoms with E-state index in [1.807, 2.05) is 24.3 Å². The van der Waals surface area contributed by atoms with Crippen molar-refractivity contribution in [3.63, 3.8) is 0 Å². The van der Waals surface area contributed by atoms with Crippen molar-refractivity contribution < 1.29 is 4.79 Å². The summed E-state index contributed by atoms with van der Waals surface area (Å²) in [7, 11) is 0. The number of nitrogens with one attached hydrogen (secondary N) is 1. The van der Waals surface area contributed by atoms with E-state index in [-0.39, 0.29) is 5.91 Å². The standard InChI is InChI=1S/C14H16N4O/c15-11-9-17-12-4-2-1-3-10(12)14(11)18-7-5-13(19)16-6-8-18/h1-4,9H,5-8,15H2,(H,16,19). The van der Waals surface area contributed by atoms with E-state index in [0.29, 0.717) is 25.2 Å². The Kier molecular flexibility index (Phi) is 2.95. The van der Waals surface area contributed by atoms with Crippen LogP contribution < -0.4 is 16.0 Å². The molecule has 1 amide bonds. The number of pyridine rings is 1. The number of nitrogens with zero attached hydrogens (tertiary/aromatic N) is 2. The van der Waals surface area contributed by atoms with Crippen molar-refractivity contribution in [2.24, 2.45) is 0 Å². The normalized spacial score (nSPS) is 16.2. The molecule has 0 unspecified atom stereocenters. The van der Waals surface area contributed by atoms with Crippen LogP contribution in [0.4, 0.5) is 11.4 Å². The van der Waals surface area contributed by atoms with Crippen LogP contribution in [0.5, 0.6) is 0 Å². The zero-order valence-electron chi connectivity index (χ0n) is 10.6. The molecule has 0 aliphatic carbocycles. The molecule has 3 rings (SSSR count). The first-order chi connectivity index (χ1) is 9.25. The predicted octanol–water partition coefficient (Wildman–Crippen LogP) is 1.14. The molecule has 19 heavy (non-hydrogen) atoms. The second-order valence-corrected chi connectivity index (χ2v) is 4.67. The summed E-state index contributed by atoms with van der Waals surface area (Å²) in [5.41, 5.74) is 8.67. The monoisotopic (exact) mass is 256 g/mol. The van der Waals surface area contributed by atoms with Crippen LogP contribution in [0, 0.1) is 0 Å². The number of carbonyl (C=O) groups excluding carboxylic acids is 1. The molecule has 3 N–H and O–H groups in total. The van der Waals surface area contributed by atoms with E-state index in [0.717, 1.165) is 23.1 Å². The van der Waals surface area contributed by atoms with Crippen LogP contribution in [0.1, 0.15) is 6.42 Å². The number of carbonyl (C=O) groups is 1. The molecule has 0 atom stereocenters. The quantitative estimate of drug-likeness (QED) is 0.802. The highest BCUT2D eigenvalue weighted by atomic mass is 16.1. The molecule has 2 heterocycles. The van der Waals surface area contributed by atoms with Gasteiger partial charge in [0.25, 0.3) is 0 Å². The van der Waals surface area contributed by atoms with Gasteiger partial charge in [0.2, 0.25) is 5.91 Å². The second kappa shape index (κ2) is 4.76. The predicted molar refractivity (Wildman–Crippen MR) is 76.0 cm³/mol. The van der Waals surface area contributed by atoms with Gasteiger partial charge in [0, 0.05) is 31.4 Å². The van der Waals surface area contributed by atoms with Gasteiger partial charge in [-0.1, -0.05) is 18.2 Å². The highest BCUT2D eigenvalue weighted by Gasteiger charge is 2.18. The zero-order chi connectivity index (χ0) is 13.2. The molecule has 0 bridgehead atoms. The Morgan fingerprint density at radius 2 is 2.11 bits per heavy atom. The maximum absolute atomic E-state index is 11.4. The minimum atomic E-state index is 0.0967. The summed E-state index contributed by atoms with van der Waals surface area (Å²) < 4.78 is 0. The third-order valence-electron chi connectivity index (χ3n) is 3.40. The number of hydrogen-bond donors (Lipinski definition) is 2. The lowest BCUT2D eigenvalue weighted by atomic mass is 10.1. The number of benzene rings is 1. The molecule has 5 heteroatoms. The van der Waals surface area contributed by atoms with Crippen molar-refractivity contribution in [2.75, 3.05) is 30.3 Å². The van der Waals surface area contributed by atoms with Gasteiger partial charge in [-0.05, 0) is 6.07 Å². The summed E-state index contributed by atoms with van der Waals surface area (Å²) in [4.78, 5) is 17.9. The SMILES string of the molecule is Nc1cnc2ccccc2c1N1CCNC(=O)CC1. The molecule has 98 valence electrons. The fraction of sp³-hybridized carbons (Fsp3) is 0.286. The van der Waals surface area contributed by atoms with Gasteiger partial charge in [0.05, 0.1) is 23.1 Å². The molecular formula is C14H16N4O. The van der Waals surface area contributed by atoms with Gasteiger partial charge in [-0.25, -0.2) is 0 Å². The number of rotatable bonds is 1. The lowest BCUT2D eigenvalue weighted by Crippen LogP contribution is -2.29. The third-order valence-corrected chi connectivity index (χ3v) is 3.40. The maximum Gasteiger partial charge on any atom is 0.221 e. The highest BCUT2D eigenvalue weighted by molar-refractivity contribution is 5.97. The number of para-hydroxylation sites is 1. The first-order valence-electron chi connectivity index (χ1n) is 6.40. The smallest absolute Gasteiger partial charge is 0.221 e. The van der Waals surface area contributed by atoms with Gasteiger partial charge in [-0.2, -0.15) is 0 Å². The van der Waals surface area contributed by atoms with Crippen LogP contribution in [0.15, 0.2) is 30.5 Å². The summed E-state index contributed by atoms with van der Waals surface area (Å²) in [5, 5.41) is 3.91. The van der Waals surface area contributed by atoms with Crippen molar-refractivity contribution in [2.45, 2.75) is 6.42 Å². The van der Waals surface area contributed by atoms with Crippen molar-refractivity contribution >= 4 is 28.2 Å². The molecule has 1 aromatic carbocycles. The van der Waals surface area contributed by atoms with Gasteiger partial charge >= 0.3 is 0 Å². The Morgan fingerprint density at radius 3 is 3.00 bits per heavy atom. The van der Waals surface area contributed by atoms with Crippen LogP contribution in [0.3, 0.4) is 0 Å². The van der Waals surface area contributed by atoms with Crippen molar-refractivity contribution in [3.8, 4) is 0 Å². The van der Waals surface area contributed by atoms with Gasteiger partial charge in [0.1, 0.15) is 0 Å². The molecule has 0 saturated carbocycles. The van der Waals surface area contributed by atoms with E-state index in [9.17, 15) is 4.79 Å². The second-order valence-electron chi connectivity index (χ2n) is 4.67. The van der Waals surface area contributed by atoms with E-state index in [4.69, 9.17) is 5.73 Å². The molecule has 1 aromatic heterocycles. The summed E-state index contributed by atoms with van der Waals surface area (Å²) >= 11 is 0. The van der Waals surface area contributed by atoms with Crippen LogP contribution in [-0.2, 0) is 4.79 Å². The summed E-state index contributed by atoms with van der Waals surface area (Å²) in [6.07, 6.45) is 2.19. The number of nitrogens with two attached hydrogens (primary N) is 1. The zero-order valence-corrected chi connectivity index (χ0v) is 10.6. The molecule has 0 spiro atoms. The summed E-state index contributed by atoms with van der Waals surface area (Å²) in [5.74, 6) is 0.0967. The number of nitrogen functional groups attached to an aromatic ring is 1. The van der Waals surface area contributed by atoms with Gasteiger partial charge in [0.15, 0.2) is 0 Å². The Hall–Kier alpha value is -2.30. The van der Waals surface area contributed by atoms with Crippen LogP contribution in [0.2, 0.25) is 0 Å². The highest BCUT2D eigenvalue weighted by Crippen LogP contribution is 2.31. The number of aromatic nitrogens is 1. The van der Waals surface area contributed by atoms with E-state index < -0.39 is 0 Å². The van der Waals surface area contributed by atoms with Crippen molar-refractivity contribution in [1.82, 2.24) is 10.3 Å². The Morgan fingerprint density at radius 1 is 1.26 bits per heavy atom. The van der Waals surface area contributed by atoms with E-state index in [1.54, 1.807) is 6.20 Å². The largest absolute Gasteiger partial charge is 0.396 e. The van der Waals surface area contributed by atoms with E-state index in [2.05, 4.69) is 15.2 Å². The lowest BCUT2D eigenvalue weighted by molar-refractivity contribution is -0.120. The summed E-state index contributed by atoms with van der Waals surface area (Å²) in [6, 6.07) is 7.94. The molecule has 1 aliphatic heterocycles. The van der Waals surface area contributed by atoms with Gasteiger partial charge < -0.3 is 16.0 Å². The average molecular weight is 256 g/mol. The van der Waals surface area contributed by atoms with Crippen LogP contribution in [-0.4, -0.2) is 30.5 Å². The molecule has 2 aromatic rings. The summed E-state index contributed by atoms with van der Waals surface area (Å²) in [6.45, 7) is 2.10. The number of hydrogen-bond acceptors (Lipinski definition) is 4. The molecule has 1 fully saturated rings. The first kappa shape index (κ1) is 11.8. The number of amides is 1. The Balaban J connectivity index is 2.08. The topological polar surface area (TPSA) is 71.2 Å². The Bertz CT molecular complexity index is 626. The first-order valence-corrected chi connectivity index (χ1v) is 6.40. The van der Waals surface area contributed by atoms with Crippen LogP contribution in [0.25, 0.3) is 10.9 Å². The molecule has 5 nitrogen and oxygen atoms in total. The minimum Gasteiger partial charge on any atom is -0.396 e. The fourth-order valence-electron chi connectivity index (χ4n) is 2.49. The maximum atomic E-state index is 11.4. The molecule has 0 radical (unpaired) electrons. The van der Waals surface area contributed by atoms with E-state index >= 15 is 0 Å². The van der Waals surface area contributed by atoms with Crippen molar-refractivity contribution in [3.05, 3.63) is 30.5 Å². The van der Waals surface area contributed by atoms with Gasteiger partial charge in [-0.3, -0.25) is 9.78 Å². The van der Waals surface area contributed by atoms with E-state index in [1.165, 1.54) is 0 Å². The van der Waals surface area contributed by atoms with Crippen molar-refractivity contribution in [1.29, 1.82) is 0 Å². The average Bonchev–Trinajstić information content (AvgIpc) is 2.64. The molecule has 1 aliphatic rings.